The molecular formula is C20H16FeN2O2. The van der Waals surface area contributed by atoms with E-state index in [1.54, 1.807) is 36.7 Å². The van der Waals surface area contributed by atoms with Crippen LogP contribution in [0.1, 0.15) is 0 Å². The molecule has 0 fully saturated rings. The summed E-state index contributed by atoms with van der Waals surface area (Å²) in [7, 11) is 0. The molecule has 0 amide bonds. The van der Waals surface area contributed by atoms with Crippen LogP contribution in [-0.4, -0.2) is 11.6 Å². The van der Waals surface area contributed by atoms with Crippen molar-refractivity contribution in [3.8, 4) is 0 Å². The van der Waals surface area contributed by atoms with E-state index in [9.17, 15) is 9.59 Å². The summed E-state index contributed by atoms with van der Waals surface area (Å²) >= 11 is 0. The Bertz CT molecular complexity index is 787. The Morgan fingerprint density at radius 3 is 1.44 bits per heavy atom. The number of anilines is 2. The van der Waals surface area contributed by atoms with E-state index < -0.39 is 0 Å². The zero-order valence-corrected chi connectivity index (χ0v) is 14.4. The third-order valence-electron chi connectivity index (χ3n) is 3.53. The van der Waals surface area contributed by atoms with Gasteiger partial charge in [0.15, 0.2) is 11.6 Å². The summed E-state index contributed by atoms with van der Waals surface area (Å²) in [5.74, 6) is -0.0791. The molecule has 2 aliphatic carbocycles. The minimum absolute atomic E-state index is 0. The van der Waals surface area contributed by atoms with Gasteiger partial charge in [0.25, 0.3) is 0 Å². The fourth-order valence-corrected chi connectivity index (χ4v) is 2.25. The topological polar surface area (TPSA) is 58.2 Å². The number of nitrogens with one attached hydrogen (secondary N) is 2. The van der Waals surface area contributed by atoms with Gasteiger partial charge >= 0.3 is 0 Å². The van der Waals surface area contributed by atoms with Crippen LogP contribution >= 0.6 is 0 Å². The normalized spacial score (nSPS) is 18.6. The van der Waals surface area contributed by atoms with E-state index in [2.05, 4.69) is 10.6 Å². The SMILES string of the molecule is O=C1C=CC=C/C1=C/Nc1ccccc1N/C=C1/C=CC=CC1=O.[Fe]. The molecule has 2 aliphatic rings. The molecule has 126 valence electrons. The predicted molar refractivity (Wildman–Crippen MR) is 96.4 cm³/mol. The second-order valence-corrected chi connectivity index (χ2v) is 5.20. The molecule has 0 spiro atoms. The first-order chi connectivity index (χ1) is 11.7. The van der Waals surface area contributed by atoms with Gasteiger partial charge in [0.1, 0.15) is 0 Å². The molecule has 25 heavy (non-hydrogen) atoms. The second-order valence-electron chi connectivity index (χ2n) is 5.20. The Kier molecular flexibility index (Phi) is 6.52. The van der Waals surface area contributed by atoms with Crippen molar-refractivity contribution in [1.82, 2.24) is 0 Å². The van der Waals surface area contributed by atoms with Gasteiger partial charge in [-0.2, -0.15) is 0 Å². The Morgan fingerprint density at radius 2 is 1.04 bits per heavy atom. The molecule has 0 saturated heterocycles. The number of carbonyl (C=O) groups is 2. The zero-order valence-electron chi connectivity index (χ0n) is 13.3. The van der Waals surface area contributed by atoms with Crippen molar-refractivity contribution >= 4 is 22.9 Å². The Balaban J connectivity index is 0.00000225. The van der Waals surface area contributed by atoms with Gasteiger partial charge in [-0.05, 0) is 36.4 Å². The fraction of sp³-hybridized carbons (Fsp3) is 0. The third kappa shape index (κ3) is 4.80. The minimum atomic E-state index is -0.0396. The molecule has 5 heteroatoms. The molecule has 1 aromatic carbocycles. The first-order valence-corrected chi connectivity index (χ1v) is 7.54. The van der Waals surface area contributed by atoms with E-state index in [1.807, 2.05) is 36.4 Å². The van der Waals surface area contributed by atoms with Crippen LogP contribution in [0.15, 0.2) is 96.4 Å². The van der Waals surface area contributed by atoms with Gasteiger partial charge in [-0.1, -0.05) is 36.4 Å². The summed E-state index contributed by atoms with van der Waals surface area (Å²) in [6.45, 7) is 0. The number of ketones is 2. The molecule has 2 N–H and O–H groups in total. The molecule has 0 aliphatic heterocycles. The first-order valence-electron chi connectivity index (χ1n) is 7.54. The maximum absolute atomic E-state index is 11.7. The molecule has 0 heterocycles. The van der Waals surface area contributed by atoms with Crippen molar-refractivity contribution in [1.29, 1.82) is 0 Å². The number of carbonyl (C=O) groups excluding carboxylic acids is 2. The van der Waals surface area contributed by atoms with Crippen LogP contribution in [0.5, 0.6) is 0 Å². The molecule has 0 aromatic heterocycles. The number of para-hydroxylation sites is 2. The number of hydrogen-bond acceptors (Lipinski definition) is 4. The molecule has 0 atom stereocenters. The standard InChI is InChI=1S/C20H16N2O2.Fe/c23-19-11-5-1-7-15(19)13-21-17-9-3-4-10-18(17)22-14-16-8-2-6-12-20(16)24;/h1-14,21-22H;/b15-13-,16-14-;. The largest absolute Gasteiger partial charge is 0.359 e. The van der Waals surface area contributed by atoms with Crippen LogP contribution in [0.25, 0.3) is 0 Å². The Morgan fingerprint density at radius 1 is 0.640 bits per heavy atom. The van der Waals surface area contributed by atoms with Crippen molar-refractivity contribution in [3.63, 3.8) is 0 Å². The van der Waals surface area contributed by atoms with E-state index in [0.717, 1.165) is 11.4 Å². The van der Waals surface area contributed by atoms with Crippen LogP contribution < -0.4 is 10.6 Å². The van der Waals surface area contributed by atoms with Crippen molar-refractivity contribution in [2.45, 2.75) is 0 Å². The number of rotatable bonds is 4. The summed E-state index contributed by atoms with van der Waals surface area (Å²) in [4.78, 5) is 23.5. The van der Waals surface area contributed by atoms with Crippen LogP contribution in [0.4, 0.5) is 11.4 Å². The molecule has 0 unspecified atom stereocenters. The monoisotopic (exact) mass is 372 g/mol. The van der Waals surface area contributed by atoms with Gasteiger partial charge < -0.3 is 10.6 Å². The fourth-order valence-electron chi connectivity index (χ4n) is 2.25. The van der Waals surface area contributed by atoms with Gasteiger partial charge in [0.05, 0.1) is 11.4 Å². The molecule has 0 saturated carbocycles. The summed E-state index contributed by atoms with van der Waals surface area (Å²) in [5.41, 5.74) is 2.78. The van der Waals surface area contributed by atoms with E-state index in [-0.39, 0.29) is 28.6 Å². The van der Waals surface area contributed by atoms with Crippen LogP contribution in [0, 0.1) is 0 Å². The van der Waals surface area contributed by atoms with Gasteiger partial charge in [-0.3, -0.25) is 9.59 Å². The maximum atomic E-state index is 11.7. The van der Waals surface area contributed by atoms with Gasteiger partial charge in [0, 0.05) is 40.6 Å². The second kappa shape index (κ2) is 8.83. The molecule has 4 nitrogen and oxygen atoms in total. The quantitative estimate of drug-likeness (QED) is 0.626. The number of allylic oxidation sites excluding steroid dienone is 10. The average Bonchev–Trinajstić information content (AvgIpc) is 2.61. The van der Waals surface area contributed by atoms with Crippen LogP contribution in [-0.2, 0) is 26.7 Å². The van der Waals surface area contributed by atoms with Crippen molar-refractivity contribution in [3.05, 3.63) is 96.4 Å². The van der Waals surface area contributed by atoms with Crippen molar-refractivity contribution in [2.75, 3.05) is 10.6 Å². The van der Waals surface area contributed by atoms with Gasteiger partial charge in [-0.15, -0.1) is 0 Å². The number of benzene rings is 1. The molecular weight excluding hydrogens is 356 g/mol. The minimum Gasteiger partial charge on any atom is -0.359 e. The average molecular weight is 372 g/mol. The smallest absolute Gasteiger partial charge is 0.187 e. The van der Waals surface area contributed by atoms with Crippen molar-refractivity contribution in [2.24, 2.45) is 0 Å². The first kappa shape index (κ1) is 18.5. The van der Waals surface area contributed by atoms with E-state index in [1.165, 1.54) is 12.2 Å². The molecule has 1 aromatic rings. The predicted octanol–water partition coefficient (Wildman–Crippen LogP) is 3.67. The summed E-state index contributed by atoms with van der Waals surface area (Å²) in [6, 6.07) is 7.57. The third-order valence-corrected chi connectivity index (χ3v) is 3.53. The summed E-state index contributed by atoms with van der Waals surface area (Å²) in [5, 5.41) is 6.27. The Labute approximate surface area is 156 Å². The van der Waals surface area contributed by atoms with Crippen molar-refractivity contribution < 1.29 is 26.7 Å². The van der Waals surface area contributed by atoms with Crippen LogP contribution in [0.3, 0.4) is 0 Å². The van der Waals surface area contributed by atoms with Gasteiger partial charge in [-0.25, -0.2) is 0 Å². The van der Waals surface area contributed by atoms with E-state index in [0.29, 0.717) is 11.1 Å². The maximum Gasteiger partial charge on any atom is 0.187 e. The van der Waals surface area contributed by atoms with E-state index in [4.69, 9.17) is 0 Å². The molecule has 0 radical (unpaired) electrons. The summed E-state index contributed by atoms with van der Waals surface area (Å²) < 4.78 is 0. The zero-order chi connectivity index (χ0) is 16.8. The molecule has 3 rings (SSSR count). The van der Waals surface area contributed by atoms with Gasteiger partial charge in [0.2, 0.25) is 0 Å². The molecule has 0 bridgehead atoms. The van der Waals surface area contributed by atoms with Crippen LogP contribution in [0.2, 0.25) is 0 Å². The Hall–Kier alpha value is -2.88. The summed E-state index contributed by atoms with van der Waals surface area (Å²) in [6.07, 6.45) is 17.0. The van der Waals surface area contributed by atoms with E-state index >= 15 is 0 Å². The number of hydrogen-bond donors (Lipinski definition) is 2.